The average molecular weight is 575 g/mol. The highest BCUT2D eigenvalue weighted by atomic mass is 16.7. The van der Waals surface area contributed by atoms with Crippen LogP contribution in [0.5, 0.6) is 0 Å². The molecule has 0 bridgehead atoms. The zero-order valence-corrected chi connectivity index (χ0v) is 23.7. The zero-order chi connectivity index (χ0) is 29.2. The van der Waals surface area contributed by atoms with Crippen molar-refractivity contribution in [2.75, 3.05) is 87.1 Å². The first-order valence-electron chi connectivity index (χ1n) is 14.0. The van der Waals surface area contributed by atoms with Crippen molar-refractivity contribution in [2.45, 2.75) is 13.3 Å². The molecule has 0 saturated carbocycles. The van der Waals surface area contributed by atoms with Gasteiger partial charge in [-0.05, 0) is 38.1 Å². The number of piperazine rings is 1. The highest BCUT2D eigenvalue weighted by Gasteiger charge is 2.31. The van der Waals surface area contributed by atoms with Gasteiger partial charge in [-0.3, -0.25) is 10.1 Å². The number of carbonyl (C=O) groups excluding carboxylic acids is 2. The molecule has 6 rings (SSSR count). The van der Waals surface area contributed by atoms with Gasteiger partial charge >= 0.3 is 6.09 Å². The number of nitrogens with one attached hydrogen (secondary N) is 1. The maximum Gasteiger partial charge on any atom is 0.436 e. The van der Waals surface area contributed by atoms with Crippen LogP contribution in [0.15, 0.2) is 30.6 Å². The molecular weight excluding hydrogens is 540 g/mol. The van der Waals surface area contributed by atoms with E-state index in [0.717, 1.165) is 24.2 Å². The molecule has 14 nitrogen and oxygen atoms in total. The second-order valence-corrected chi connectivity index (χ2v) is 10.6. The maximum atomic E-state index is 13.1. The third-order valence-electron chi connectivity index (χ3n) is 7.72. The summed E-state index contributed by atoms with van der Waals surface area (Å²) in [5, 5.41) is 4.30. The Balaban J connectivity index is 1.22. The Kier molecular flexibility index (Phi) is 7.71. The van der Waals surface area contributed by atoms with Crippen molar-refractivity contribution < 1.29 is 19.2 Å². The van der Waals surface area contributed by atoms with Gasteiger partial charge in [0.25, 0.3) is 5.91 Å². The number of ether oxygens (including phenoxy) is 1. The maximum absolute atomic E-state index is 13.1. The van der Waals surface area contributed by atoms with E-state index in [1.165, 1.54) is 5.06 Å². The van der Waals surface area contributed by atoms with Crippen LogP contribution in [-0.4, -0.2) is 108 Å². The number of aromatic nitrogens is 4. The van der Waals surface area contributed by atoms with Gasteiger partial charge in [0, 0.05) is 74.0 Å². The van der Waals surface area contributed by atoms with Gasteiger partial charge < -0.3 is 30.0 Å². The molecular formula is C28H34N10O4. The first kappa shape index (κ1) is 27.6. The molecule has 3 aliphatic rings. The summed E-state index contributed by atoms with van der Waals surface area (Å²) < 4.78 is 5.50. The lowest BCUT2D eigenvalue weighted by Gasteiger charge is -2.32. The number of hydrogen-bond acceptors (Lipinski definition) is 12. The minimum absolute atomic E-state index is 0.0560. The molecule has 2 saturated heterocycles. The van der Waals surface area contributed by atoms with Crippen LogP contribution in [-0.2, 0) is 16.0 Å². The van der Waals surface area contributed by atoms with Crippen LogP contribution in [0.1, 0.15) is 21.5 Å². The molecule has 220 valence electrons. The van der Waals surface area contributed by atoms with Gasteiger partial charge in [0.2, 0.25) is 11.9 Å². The molecule has 2 aromatic heterocycles. The van der Waals surface area contributed by atoms with Crippen LogP contribution >= 0.6 is 0 Å². The third-order valence-corrected chi connectivity index (χ3v) is 7.72. The van der Waals surface area contributed by atoms with Gasteiger partial charge in [-0.15, -0.1) is 0 Å². The first-order valence-corrected chi connectivity index (χ1v) is 14.0. The second-order valence-electron chi connectivity index (χ2n) is 10.6. The highest BCUT2D eigenvalue weighted by Crippen LogP contribution is 2.35. The van der Waals surface area contributed by atoms with Crippen molar-refractivity contribution >= 4 is 35.4 Å². The summed E-state index contributed by atoms with van der Waals surface area (Å²) in [5.74, 6) is 1.12. The Hall–Kier alpha value is -4.56. The Morgan fingerprint density at radius 1 is 1.00 bits per heavy atom. The van der Waals surface area contributed by atoms with E-state index in [9.17, 15) is 9.59 Å². The number of fused-ring (bicyclic) bond motifs is 1. The minimum atomic E-state index is -0.681. The number of anilines is 4. The minimum Gasteiger partial charge on any atom is -0.378 e. The van der Waals surface area contributed by atoms with Gasteiger partial charge in [-0.1, -0.05) is 6.07 Å². The third kappa shape index (κ3) is 5.76. The topological polar surface area (TPSA) is 155 Å². The molecule has 14 heteroatoms. The monoisotopic (exact) mass is 574 g/mol. The number of hydrogen-bond donors (Lipinski definition) is 2. The van der Waals surface area contributed by atoms with Gasteiger partial charge in [0.15, 0.2) is 5.82 Å². The summed E-state index contributed by atoms with van der Waals surface area (Å²) in [5.41, 5.74) is 9.74. The first-order chi connectivity index (χ1) is 20.4. The van der Waals surface area contributed by atoms with Crippen molar-refractivity contribution in [2.24, 2.45) is 0 Å². The summed E-state index contributed by atoms with van der Waals surface area (Å²) in [7, 11) is 2.04. The van der Waals surface area contributed by atoms with Crippen LogP contribution in [0.4, 0.5) is 28.2 Å². The van der Waals surface area contributed by atoms with Gasteiger partial charge in [0.1, 0.15) is 0 Å². The van der Waals surface area contributed by atoms with Gasteiger partial charge in [-0.2, -0.15) is 10.0 Å². The van der Waals surface area contributed by atoms with Crippen LogP contribution in [0.2, 0.25) is 0 Å². The van der Waals surface area contributed by atoms with Crippen molar-refractivity contribution in [1.82, 2.24) is 29.7 Å². The fourth-order valence-electron chi connectivity index (χ4n) is 5.22. The molecule has 0 atom stereocenters. The molecule has 0 spiro atoms. The van der Waals surface area contributed by atoms with Crippen LogP contribution < -0.4 is 21.0 Å². The quantitative estimate of drug-likeness (QED) is 0.454. The van der Waals surface area contributed by atoms with Gasteiger partial charge in [0.05, 0.1) is 25.5 Å². The number of hydroxylamine groups is 1. The lowest BCUT2D eigenvalue weighted by molar-refractivity contribution is 0.0664. The summed E-state index contributed by atoms with van der Waals surface area (Å²) in [4.78, 5) is 56.0. The van der Waals surface area contributed by atoms with Crippen LogP contribution in [0.25, 0.3) is 11.3 Å². The summed E-state index contributed by atoms with van der Waals surface area (Å²) in [6.45, 7) is 7.68. The molecule has 2 amide bonds. The van der Waals surface area contributed by atoms with Crippen molar-refractivity contribution in [1.29, 1.82) is 0 Å². The van der Waals surface area contributed by atoms with E-state index >= 15 is 0 Å². The van der Waals surface area contributed by atoms with E-state index in [-0.39, 0.29) is 11.9 Å². The Morgan fingerprint density at radius 3 is 2.48 bits per heavy atom. The van der Waals surface area contributed by atoms with E-state index in [1.54, 1.807) is 24.5 Å². The van der Waals surface area contributed by atoms with Gasteiger partial charge in [-0.25, -0.2) is 19.7 Å². The number of nitrogens with zero attached hydrogens (tertiary/aromatic N) is 8. The second kappa shape index (κ2) is 11.7. The van der Waals surface area contributed by atoms with Crippen LogP contribution in [0, 0.1) is 6.92 Å². The molecule has 3 aliphatic heterocycles. The van der Waals surface area contributed by atoms with Crippen molar-refractivity contribution in [3.05, 3.63) is 47.3 Å². The standard InChI is InChI=1S/C28H34N10O4/c1-18-3-4-19(25(39)36-9-7-35(2)8-10-36)15-22(18)32-28(40)42-38-6-5-21-23(20-16-30-26(29)31-17-20)33-27(34-24(21)38)37-11-13-41-14-12-37/h3-4,15-17H,5-14H2,1-2H3,(H,32,40)(H2,29,30,31). The number of nitrogens with two attached hydrogens (primary N) is 1. The number of amides is 2. The highest BCUT2D eigenvalue weighted by molar-refractivity contribution is 5.97. The smallest absolute Gasteiger partial charge is 0.378 e. The van der Waals surface area contributed by atoms with Crippen molar-refractivity contribution in [3.8, 4) is 11.3 Å². The summed E-state index contributed by atoms with van der Waals surface area (Å²) >= 11 is 0. The molecule has 3 N–H and O–H groups in total. The summed E-state index contributed by atoms with van der Waals surface area (Å²) in [6, 6.07) is 5.32. The molecule has 0 unspecified atom stereocenters. The Labute approximate surface area is 243 Å². The molecule has 5 heterocycles. The average Bonchev–Trinajstić information content (AvgIpc) is 3.41. The van der Waals surface area contributed by atoms with Crippen LogP contribution in [0.3, 0.4) is 0 Å². The lowest BCUT2D eigenvalue weighted by atomic mass is 10.1. The van der Waals surface area contributed by atoms with E-state index < -0.39 is 6.09 Å². The predicted octanol–water partition coefficient (Wildman–Crippen LogP) is 1.57. The number of rotatable bonds is 5. The molecule has 42 heavy (non-hydrogen) atoms. The number of nitrogen functional groups attached to an aromatic ring is 1. The number of morpholine rings is 1. The molecule has 0 aliphatic carbocycles. The fourth-order valence-corrected chi connectivity index (χ4v) is 5.22. The molecule has 3 aromatic rings. The predicted molar refractivity (Wildman–Crippen MR) is 156 cm³/mol. The van der Waals surface area contributed by atoms with E-state index in [0.29, 0.717) is 86.6 Å². The van der Waals surface area contributed by atoms with E-state index in [2.05, 4.69) is 20.2 Å². The number of aryl methyl sites for hydroxylation is 1. The largest absolute Gasteiger partial charge is 0.436 e. The molecule has 2 fully saturated rings. The zero-order valence-electron chi connectivity index (χ0n) is 23.7. The summed E-state index contributed by atoms with van der Waals surface area (Å²) in [6.07, 6.45) is 3.13. The molecule has 0 radical (unpaired) electrons. The van der Waals surface area contributed by atoms with E-state index in [1.807, 2.05) is 29.8 Å². The number of likely N-dealkylation sites (N-methyl/N-ethyl adjacent to an activating group) is 1. The number of benzene rings is 1. The molecule has 1 aromatic carbocycles. The van der Waals surface area contributed by atoms with Crippen molar-refractivity contribution in [3.63, 3.8) is 0 Å². The Bertz CT molecular complexity index is 1470. The SMILES string of the molecule is Cc1ccc(C(=O)N2CCN(C)CC2)cc1NC(=O)ON1CCc2c(-c3cnc(N)nc3)nc(N3CCOCC3)nc21. The fraction of sp³-hybridized carbons (Fsp3) is 0.429. The lowest BCUT2D eigenvalue weighted by Crippen LogP contribution is -2.47. The van der Waals surface area contributed by atoms with E-state index in [4.69, 9.17) is 25.3 Å². The number of carbonyl (C=O) groups is 2. The Morgan fingerprint density at radius 2 is 1.74 bits per heavy atom. The normalized spacial score (nSPS) is 17.2.